The van der Waals surface area contributed by atoms with Gasteiger partial charge in [-0.1, -0.05) is 41.9 Å². The number of piperidine rings is 1. The number of nitrogens with zero attached hydrogens (tertiary/aromatic N) is 2. The number of aromatic nitrogens is 1. The summed E-state index contributed by atoms with van der Waals surface area (Å²) >= 11 is 5.93. The van der Waals surface area contributed by atoms with Crippen LogP contribution in [0.1, 0.15) is 18.4 Å². The molecule has 0 radical (unpaired) electrons. The molecule has 2 heterocycles. The van der Waals surface area contributed by atoms with Crippen molar-refractivity contribution in [3.05, 3.63) is 69.7 Å². The summed E-state index contributed by atoms with van der Waals surface area (Å²) in [4.78, 5) is 26.6. The normalized spacial score (nSPS) is 15.4. The molecule has 0 unspecified atom stereocenters. The third-order valence-corrected chi connectivity index (χ3v) is 5.49. The standard InChI is InChI=1S/C21H21ClN2O3/c22-17-6-7-18-19(13-17)27-21(26)24(18)14-20(25)23-10-8-16(9-11-23)12-15-4-2-1-3-5-15/h1-7,13,16H,8-12,14H2. The van der Waals surface area contributed by atoms with Gasteiger partial charge in [-0.05, 0) is 42.9 Å². The summed E-state index contributed by atoms with van der Waals surface area (Å²) in [7, 11) is 0. The molecule has 1 amide bonds. The molecule has 2 aromatic carbocycles. The Kier molecular flexibility index (Phi) is 5.03. The van der Waals surface area contributed by atoms with Crippen LogP contribution < -0.4 is 5.76 Å². The molecule has 0 saturated carbocycles. The van der Waals surface area contributed by atoms with Crippen molar-refractivity contribution in [2.75, 3.05) is 13.1 Å². The smallest absolute Gasteiger partial charge is 0.408 e. The van der Waals surface area contributed by atoms with Gasteiger partial charge >= 0.3 is 5.76 Å². The van der Waals surface area contributed by atoms with Crippen LogP contribution >= 0.6 is 11.6 Å². The highest BCUT2D eigenvalue weighted by Gasteiger charge is 2.24. The molecule has 0 atom stereocenters. The van der Waals surface area contributed by atoms with E-state index in [-0.39, 0.29) is 12.5 Å². The van der Waals surface area contributed by atoms with E-state index < -0.39 is 5.76 Å². The van der Waals surface area contributed by atoms with E-state index in [4.69, 9.17) is 16.0 Å². The molecule has 1 aliphatic rings. The summed E-state index contributed by atoms with van der Waals surface area (Å²) in [6.45, 7) is 1.45. The molecular weight excluding hydrogens is 364 g/mol. The molecule has 140 valence electrons. The predicted molar refractivity (Wildman–Crippen MR) is 105 cm³/mol. The van der Waals surface area contributed by atoms with Crippen LogP contribution in [0, 0.1) is 5.92 Å². The highest BCUT2D eigenvalue weighted by atomic mass is 35.5. The Balaban J connectivity index is 1.39. The van der Waals surface area contributed by atoms with Crippen LogP contribution in [0.25, 0.3) is 11.1 Å². The zero-order valence-electron chi connectivity index (χ0n) is 14.9. The van der Waals surface area contributed by atoms with E-state index in [0.29, 0.717) is 22.0 Å². The summed E-state index contributed by atoms with van der Waals surface area (Å²) in [5.74, 6) is 0.0172. The van der Waals surface area contributed by atoms with Gasteiger partial charge in [0.2, 0.25) is 5.91 Å². The molecule has 5 nitrogen and oxygen atoms in total. The van der Waals surface area contributed by atoms with Gasteiger partial charge in [0.15, 0.2) is 5.58 Å². The predicted octanol–water partition coefficient (Wildman–Crippen LogP) is 3.73. The SMILES string of the molecule is O=C(Cn1c(=O)oc2cc(Cl)ccc21)N1CCC(Cc2ccccc2)CC1. The summed E-state index contributed by atoms with van der Waals surface area (Å²) in [5, 5.41) is 0.496. The van der Waals surface area contributed by atoms with Crippen LogP contribution in [0.15, 0.2) is 57.7 Å². The molecule has 1 aliphatic heterocycles. The van der Waals surface area contributed by atoms with Crippen molar-refractivity contribution in [2.45, 2.75) is 25.8 Å². The number of halogens is 1. The average molecular weight is 385 g/mol. The Morgan fingerprint density at radius 2 is 1.85 bits per heavy atom. The maximum atomic E-state index is 12.7. The van der Waals surface area contributed by atoms with E-state index in [0.717, 1.165) is 32.4 Å². The van der Waals surface area contributed by atoms with Crippen molar-refractivity contribution < 1.29 is 9.21 Å². The molecule has 1 aromatic heterocycles. The van der Waals surface area contributed by atoms with E-state index in [1.165, 1.54) is 10.1 Å². The lowest BCUT2D eigenvalue weighted by molar-refractivity contribution is -0.133. The zero-order chi connectivity index (χ0) is 18.8. The van der Waals surface area contributed by atoms with Gasteiger partial charge in [0, 0.05) is 24.2 Å². The van der Waals surface area contributed by atoms with Gasteiger partial charge in [-0.3, -0.25) is 9.36 Å². The molecule has 0 aliphatic carbocycles. The summed E-state index contributed by atoms with van der Waals surface area (Å²) in [6, 6.07) is 15.5. The van der Waals surface area contributed by atoms with Crippen LogP contribution in [0.3, 0.4) is 0 Å². The number of fused-ring (bicyclic) bond motifs is 1. The lowest BCUT2D eigenvalue weighted by atomic mass is 9.90. The van der Waals surface area contributed by atoms with Crippen LogP contribution in [0.4, 0.5) is 0 Å². The van der Waals surface area contributed by atoms with Gasteiger partial charge in [0.05, 0.1) is 5.52 Å². The Morgan fingerprint density at radius 3 is 2.59 bits per heavy atom. The second-order valence-corrected chi connectivity index (χ2v) is 7.52. The molecule has 4 rings (SSSR count). The van der Waals surface area contributed by atoms with Crippen molar-refractivity contribution in [3.8, 4) is 0 Å². The minimum absolute atomic E-state index is 0.00316. The van der Waals surface area contributed by atoms with Crippen molar-refractivity contribution in [3.63, 3.8) is 0 Å². The molecule has 0 spiro atoms. The van der Waals surface area contributed by atoms with Crippen LogP contribution in [-0.4, -0.2) is 28.5 Å². The quantitative estimate of drug-likeness (QED) is 0.688. The highest BCUT2D eigenvalue weighted by molar-refractivity contribution is 6.31. The van der Waals surface area contributed by atoms with E-state index in [1.54, 1.807) is 18.2 Å². The lowest BCUT2D eigenvalue weighted by Gasteiger charge is -2.32. The Morgan fingerprint density at radius 1 is 1.11 bits per heavy atom. The second kappa shape index (κ2) is 7.61. The number of benzene rings is 2. The molecule has 0 bridgehead atoms. The fourth-order valence-corrected chi connectivity index (χ4v) is 3.92. The van der Waals surface area contributed by atoms with Crippen LogP contribution in [-0.2, 0) is 17.8 Å². The largest absolute Gasteiger partial charge is 0.420 e. The fourth-order valence-electron chi connectivity index (χ4n) is 3.76. The molecule has 6 heteroatoms. The van der Waals surface area contributed by atoms with E-state index in [9.17, 15) is 9.59 Å². The van der Waals surface area contributed by atoms with Gasteiger partial charge in [0.1, 0.15) is 6.54 Å². The first-order chi connectivity index (χ1) is 13.1. The van der Waals surface area contributed by atoms with E-state index in [1.807, 2.05) is 11.0 Å². The minimum atomic E-state index is -0.528. The van der Waals surface area contributed by atoms with Gasteiger partial charge < -0.3 is 9.32 Å². The Hall–Kier alpha value is -2.53. The molecule has 1 fully saturated rings. The van der Waals surface area contributed by atoms with Crippen molar-refractivity contribution in [2.24, 2.45) is 5.92 Å². The number of amides is 1. The number of carbonyl (C=O) groups is 1. The third-order valence-electron chi connectivity index (χ3n) is 5.26. The highest BCUT2D eigenvalue weighted by Crippen LogP contribution is 2.23. The van der Waals surface area contributed by atoms with Gasteiger partial charge in [0.25, 0.3) is 0 Å². The van der Waals surface area contributed by atoms with Crippen LogP contribution in [0.2, 0.25) is 5.02 Å². The topological polar surface area (TPSA) is 55.5 Å². The Labute approximate surface area is 162 Å². The summed E-state index contributed by atoms with van der Waals surface area (Å²) in [5.41, 5.74) is 2.34. The van der Waals surface area contributed by atoms with Crippen molar-refractivity contribution in [1.29, 1.82) is 0 Å². The maximum absolute atomic E-state index is 12.7. The number of hydrogen-bond donors (Lipinski definition) is 0. The molecule has 27 heavy (non-hydrogen) atoms. The monoisotopic (exact) mass is 384 g/mol. The first kappa shape index (κ1) is 17.9. The third kappa shape index (κ3) is 3.93. The summed E-state index contributed by atoms with van der Waals surface area (Å²) < 4.78 is 6.58. The second-order valence-electron chi connectivity index (χ2n) is 7.08. The average Bonchev–Trinajstić information content (AvgIpc) is 2.97. The van der Waals surface area contributed by atoms with Gasteiger partial charge in [-0.25, -0.2) is 4.79 Å². The number of rotatable bonds is 4. The molecule has 3 aromatic rings. The number of likely N-dealkylation sites (tertiary alicyclic amines) is 1. The zero-order valence-corrected chi connectivity index (χ0v) is 15.7. The number of carbonyl (C=O) groups excluding carboxylic acids is 1. The van der Waals surface area contributed by atoms with Crippen LogP contribution in [0.5, 0.6) is 0 Å². The first-order valence-corrected chi connectivity index (χ1v) is 9.58. The number of hydrogen-bond acceptors (Lipinski definition) is 3. The molecule has 0 N–H and O–H groups in total. The van der Waals surface area contributed by atoms with Crippen molar-refractivity contribution in [1.82, 2.24) is 9.47 Å². The summed E-state index contributed by atoms with van der Waals surface area (Å²) in [6.07, 6.45) is 3.02. The fraction of sp³-hybridized carbons (Fsp3) is 0.333. The molecule has 1 saturated heterocycles. The molecular formula is C21H21ClN2O3. The first-order valence-electron chi connectivity index (χ1n) is 9.21. The van der Waals surface area contributed by atoms with Gasteiger partial charge in [-0.15, -0.1) is 0 Å². The van der Waals surface area contributed by atoms with Crippen molar-refractivity contribution >= 4 is 28.6 Å². The minimum Gasteiger partial charge on any atom is -0.408 e. The lowest BCUT2D eigenvalue weighted by Crippen LogP contribution is -2.41. The number of oxazole rings is 1. The van der Waals surface area contributed by atoms with E-state index >= 15 is 0 Å². The van der Waals surface area contributed by atoms with E-state index in [2.05, 4.69) is 24.3 Å². The Bertz CT molecular complexity index is 1000. The maximum Gasteiger partial charge on any atom is 0.420 e. The van der Waals surface area contributed by atoms with Gasteiger partial charge in [-0.2, -0.15) is 0 Å².